The van der Waals surface area contributed by atoms with Crippen molar-refractivity contribution in [2.45, 2.75) is 29.5 Å². The minimum atomic E-state index is -1.36. The summed E-state index contributed by atoms with van der Waals surface area (Å²) in [6.07, 6.45) is 3.17. The molecule has 6 N–H and O–H groups in total. The Morgan fingerprint density at radius 2 is 2.00 bits per heavy atom. The number of carbonyl (C=O) groups excluding carboxylic acids is 3. The van der Waals surface area contributed by atoms with Crippen LogP contribution in [0.15, 0.2) is 58.2 Å². The molecule has 0 saturated carbocycles. The summed E-state index contributed by atoms with van der Waals surface area (Å²) in [5, 5.41) is 48.1. The zero-order valence-corrected chi connectivity index (χ0v) is 25.6. The molecule has 3 aromatic rings. The third kappa shape index (κ3) is 7.07. The second kappa shape index (κ2) is 13.2. The van der Waals surface area contributed by atoms with E-state index in [1.807, 2.05) is 0 Å². The number of β-lactam (4-membered cyclic amide) rings is 1. The Kier molecular flexibility index (Phi) is 9.35. The van der Waals surface area contributed by atoms with Crippen LogP contribution in [0, 0.1) is 5.41 Å². The van der Waals surface area contributed by atoms with Gasteiger partial charge in [-0.05, 0) is 17.7 Å². The standard InChI is InChI=1S/C27H26N6O9S3/c28-26-29-16(10-43-26)20(31-42-9-14-1-2-17(34)18(35)7-14)22(38)30-21-23(39)33-11-27(25(40)41,13-45-24(21)33)12-44-15-3-5-32(6-4-15)8-19(36)37/h1-7,10,21,24H,8-9,11-13H2,(H6-,28,29,30,31,34,35,36,37,38,40,41)/t21?,24-,27?/m1/s1. The number of rotatable bonds is 12. The highest BCUT2D eigenvalue weighted by atomic mass is 32.2. The van der Waals surface area contributed by atoms with Crippen molar-refractivity contribution in [1.82, 2.24) is 15.2 Å². The highest BCUT2D eigenvalue weighted by Crippen LogP contribution is 2.44. The molecule has 2 aliphatic rings. The lowest BCUT2D eigenvalue weighted by Crippen LogP contribution is -2.75. The number of phenols is 2. The lowest BCUT2D eigenvalue weighted by molar-refractivity contribution is -0.686. The first kappa shape index (κ1) is 31.9. The van der Waals surface area contributed by atoms with Gasteiger partial charge in [0.2, 0.25) is 12.5 Å². The van der Waals surface area contributed by atoms with Crippen LogP contribution >= 0.6 is 34.9 Å². The summed E-state index contributed by atoms with van der Waals surface area (Å²) in [5.74, 6) is -3.94. The van der Waals surface area contributed by atoms with Crippen LogP contribution in [-0.2, 0) is 37.2 Å². The number of amides is 2. The molecule has 45 heavy (non-hydrogen) atoms. The second-order valence-electron chi connectivity index (χ2n) is 10.2. The minimum absolute atomic E-state index is 0.108. The van der Waals surface area contributed by atoms with Gasteiger partial charge >= 0.3 is 5.97 Å². The van der Waals surface area contributed by atoms with Gasteiger partial charge in [-0.15, -0.1) is 34.9 Å². The summed E-state index contributed by atoms with van der Waals surface area (Å²) in [7, 11) is 0. The van der Waals surface area contributed by atoms with E-state index in [1.54, 1.807) is 24.5 Å². The average Bonchev–Trinajstić information content (AvgIpc) is 3.44. The molecule has 0 aliphatic carbocycles. The molecule has 2 saturated heterocycles. The molecule has 3 atom stereocenters. The largest absolute Gasteiger partial charge is 0.549 e. The molecule has 0 bridgehead atoms. The number of nitrogens with one attached hydrogen (secondary N) is 1. The van der Waals surface area contributed by atoms with Gasteiger partial charge in [-0.1, -0.05) is 11.2 Å². The van der Waals surface area contributed by atoms with E-state index in [9.17, 15) is 34.5 Å². The van der Waals surface area contributed by atoms with E-state index in [0.717, 1.165) is 16.2 Å². The van der Waals surface area contributed by atoms with Crippen LogP contribution in [0.4, 0.5) is 5.13 Å². The van der Waals surface area contributed by atoms with Crippen molar-refractivity contribution in [3.05, 3.63) is 59.4 Å². The number of thioether (sulfide) groups is 2. The lowest BCUT2D eigenvalue weighted by atomic mass is 9.89. The molecule has 0 spiro atoms. The molecular weight excluding hydrogens is 649 g/mol. The van der Waals surface area contributed by atoms with Crippen LogP contribution in [0.25, 0.3) is 0 Å². The maximum atomic E-state index is 13.3. The number of nitrogens with zero attached hydrogens (tertiary/aromatic N) is 4. The number of hydrogen-bond acceptors (Lipinski definition) is 14. The van der Waals surface area contributed by atoms with Gasteiger partial charge in [0, 0.05) is 45.9 Å². The van der Waals surface area contributed by atoms with Crippen molar-refractivity contribution < 1.29 is 49.0 Å². The van der Waals surface area contributed by atoms with Gasteiger partial charge in [0.25, 0.3) is 5.91 Å². The highest BCUT2D eigenvalue weighted by Gasteiger charge is 2.55. The van der Waals surface area contributed by atoms with Crippen molar-refractivity contribution in [3.63, 3.8) is 0 Å². The van der Waals surface area contributed by atoms with E-state index < -0.39 is 40.6 Å². The summed E-state index contributed by atoms with van der Waals surface area (Å²) < 4.78 is 1.47. The molecule has 2 aromatic heterocycles. The van der Waals surface area contributed by atoms with Crippen molar-refractivity contribution in [2.75, 3.05) is 23.8 Å². The molecule has 18 heteroatoms. The zero-order chi connectivity index (χ0) is 32.3. The molecule has 2 aliphatic heterocycles. The number of hydrogen-bond donors (Lipinski definition) is 5. The number of oxime groups is 1. The number of aliphatic carboxylic acids is 2. The smallest absolute Gasteiger partial charge is 0.370 e. The first-order valence-electron chi connectivity index (χ1n) is 13.2. The van der Waals surface area contributed by atoms with Crippen molar-refractivity contribution in [1.29, 1.82) is 0 Å². The number of anilines is 1. The molecule has 4 heterocycles. The summed E-state index contributed by atoms with van der Waals surface area (Å²) in [4.78, 5) is 61.2. The maximum absolute atomic E-state index is 13.3. The summed E-state index contributed by atoms with van der Waals surface area (Å²) in [6.45, 7) is -0.471. The summed E-state index contributed by atoms with van der Waals surface area (Å²) in [6, 6.07) is 6.46. The predicted octanol–water partition coefficient (Wildman–Crippen LogP) is -0.642. The molecule has 0 radical (unpaired) electrons. The number of aromatic hydroxyl groups is 2. The number of fused-ring (bicyclic) bond motifs is 1. The summed E-state index contributed by atoms with van der Waals surface area (Å²) in [5.41, 5.74) is 4.71. The number of aromatic nitrogens is 2. The fourth-order valence-corrected chi connectivity index (χ4v) is 7.84. The maximum Gasteiger partial charge on any atom is 0.370 e. The number of benzene rings is 1. The molecule has 1 aromatic carbocycles. The number of carboxylic acid groups (broad SMARTS) is 2. The van der Waals surface area contributed by atoms with E-state index in [0.29, 0.717) is 5.56 Å². The Labute approximate surface area is 267 Å². The Hall–Kier alpha value is -4.55. The number of nitrogens with two attached hydrogens (primary N) is 1. The number of thiazole rings is 1. The van der Waals surface area contributed by atoms with Gasteiger partial charge in [-0.3, -0.25) is 9.59 Å². The highest BCUT2D eigenvalue weighted by molar-refractivity contribution is 8.00. The van der Waals surface area contributed by atoms with Crippen LogP contribution in [0.5, 0.6) is 11.5 Å². The van der Waals surface area contributed by atoms with E-state index in [4.69, 9.17) is 15.7 Å². The van der Waals surface area contributed by atoms with Gasteiger partial charge < -0.3 is 46.0 Å². The Morgan fingerprint density at radius 1 is 1.24 bits per heavy atom. The molecular formula is C27H26N6O9S3. The van der Waals surface area contributed by atoms with Crippen LogP contribution in [0.3, 0.4) is 0 Å². The third-order valence-corrected chi connectivity index (χ3v) is 10.5. The van der Waals surface area contributed by atoms with Crippen molar-refractivity contribution >= 4 is 69.5 Å². The normalized spacial score (nSPS) is 21.0. The van der Waals surface area contributed by atoms with Crippen LogP contribution in [0.1, 0.15) is 11.3 Å². The fourth-order valence-electron chi connectivity index (χ4n) is 4.56. The Balaban J connectivity index is 1.23. The number of pyridine rings is 1. The Morgan fingerprint density at radius 3 is 2.64 bits per heavy atom. The first-order valence-corrected chi connectivity index (χ1v) is 16.1. The monoisotopic (exact) mass is 674 g/mol. The number of nitrogen functional groups attached to an aromatic ring is 1. The SMILES string of the molecule is Nc1nc(C(=NOCc2ccc(O)c(O)c2)C(=O)NC2C(=O)N3CC(CSc4cc[n+](CC(=O)O)cc4)(C(=O)[O-])CS[C@H]23)cs1. The number of carbonyl (C=O) groups is 4. The van der Waals surface area contributed by atoms with Crippen LogP contribution in [0.2, 0.25) is 0 Å². The lowest BCUT2D eigenvalue weighted by Gasteiger charge is -2.55. The van der Waals surface area contributed by atoms with Crippen LogP contribution in [-0.4, -0.2) is 84.1 Å². The van der Waals surface area contributed by atoms with Gasteiger partial charge in [-0.25, -0.2) is 9.78 Å². The predicted molar refractivity (Wildman–Crippen MR) is 160 cm³/mol. The molecule has 2 amide bonds. The summed E-state index contributed by atoms with van der Waals surface area (Å²) >= 11 is 3.54. The van der Waals surface area contributed by atoms with Gasteiger partial charge in [-0.2, -0.15) is 4.57 Å². The van der Waals surface area contributed by atoms with E-state index in [1.165, 1.54) is 56.6 Å². The first-order chi connectivity index (χ1) is 21.5. The molecule has 2 fully saturated rings. The number of phenolic OH excluding ortho intramolecular Hbond substituents is 2. The minimum Gasteiger partial charge on any atom is -0.549 e. The molecule has 236 valence electrons. The van der Waals surface area contributed by atoms with Gasteiger partial charge in [0.05, 0.1) is 5.97 Å². The van der Waals surface area contributed by atoms with Gasteiger partial charge in [0.1, 0.15) is 23.7 Å². The molecule has 2 unspecified atom stereocenters. The van der Waals surface area contributed by atoms with Crippen molar-refractivity contribution in [3.8, 4) is 11.5 Å². The zero-order valence-electron chi connectivity index (χ0n) is 23.2. The molecule has 5 rings (SSSR count). The molecule has 15 nitrogen and oxygen atoms in total. The van der Waals surface area contributed by atoms with Crippen molar-refractivity contribution in [2.24, 2.45) is 10.6 Å². The Bertz CT molecular complexity index is 1670. The van der Waals surface area contributed by atoms with Gasteiger partial charge in [0.15, 0.2) is 34.7 Å². The average molecular weight is 675 g/mol. The topological polar surface area (TPSA) is 232 Å². The van der Waals surface area contributed by atoms with E-state index >= 15 is 0 Å². The third-order valence-electron chi connectivity index (χ3n) is 6.96. The second-order valence-corrected chi connectivity index (χ2v) is 13.2. The number of carboxylic acids is 2. The van der Waals surface area contributed by atoms with E-state index in [2.05, 4.69) is 15.5 Å². The fraction of sp³-hybridized carbons (Fsp3) is 0.296. The van der Waals surface area contributed by atoms with Crippen LogP contribution < -0.4 is 20.7 Å². The quantitative estimate of drug-likeness (QED) is 0.0402. The van der Waals surface area contributed by atoms with E-state index in [-0.39, 0.29) is 59.2 Å².